The van der Waals surface area contributed by atoms with Crippen LogP contribution in [0.15, 0.2) is 61.2 Å². The van der Waals surface area contributed by atoms with Gasteiger partial charge in [0.25, 0.3) is 0 Å². The Bertz CT molecular complexity index is 837. The Balaban J connectivity index is 1.74. The molecule has 0 saturated heterocycles. The van der Waals surface area contributed by atoms with Crippen molar-refractivity contribution in [3.63, 3.8) is 0 Å². The summed E-state index contributed by atoms with van der Waals surface area (Å²) in [6, 6.07) is 10.5. The average molecular weight is 345 g/mol. The Morgan fingerprint density at radius 3 is 2.40 bits per heavy atom. The van der Waals surface area contributed by atoms with Gasteiger partial charge in [-0.3, -0.25) is 4.98 Å². The highest BCUT2D eigenvalue weighted by molar-refractivity contribution is 5.63. The van der Waals surface area contributed by atoms with Gasteiger partial charge in [-0.2, -0.15) is 13.2 Å². The quantitative estimate of drug-likeness (QED) is 0.724. The first-order chi connectivity index (χ1) is 12.0. The van der Waals surface area contributed by atoms with Crippen LogP contribution in [-0.4, -0.2) is 15.0 Å². The Labute approximate surface area is 142 Å². The number of para-hydroxylation sites is 1. The highest BCUT2D eigenvalue weighted by Gasteiger charge is 2.33. The first-order valence-corrected chi connectivity index (χ1v) is 7.40. The number of benzene rings is 1. The van der Waals surface area contributed by atoms with Crippen molar-refractivity contribution in [1.82, 2.24) is 15.0 Å². The standard InChI is InChI=1S/C17H14F3N5/c18-17(19,20)13-3-1-2-4-14(13)25-16-9-15(23-11-24-16)22-10-12-5-7-21-8-6-12/h1-9,11H,10H2,(H2,22,23,24,25). The summed E-state index contributed by atoms with van der Waals surface area (Å²) in [5, 5.41) is 5.79. The van der Waals surface area contributed by atoms with E-state index in [-0.39, 0.29) is 11.5 Å². The molecule has 1 aromatic carbocycles. The summed E-state index contributed by atoms with van der Waals surface area (Å²) in [4.78, 5) is 12.0. The lowest BCUT2D eigenvalue weighted by Crippen LogP contribution is -2.09. The van der Waals surface area contributed by atoms with Gasteiger partial charge < -0.3 is 10.6 Å². The van der Waals surface area contributed by atoms with Crippen molar-refractivity contribution >= 4 is 17.3 Å². The third-order valence-electron chi connectivity index (χ3n) is 3.39. The van der Waals surface area contributed by atoms with E-state index in [0.717, 1.165) is 11.6 Å². The zero-order valence-electron chi connectivity index (χ0n) is 13.0. The van der Waals surface area contributed by atoms with E-state index in [4.69, 9.17) is 0 Å². The number of hydrogen-bond donors (Lipinski definition) is 2. The van der Waals surface area contributed by atoms with Crippen molar-refractivity contribution in [2.75, 3.05) is 10.6 Å². The van der Waals surface area contributed by atoms with E-state index in [1.165, 1.54) is 24.5 Å². The molecule has 0 unspecified atom stereocenters. The number of anilines is 3. The fourth-order valence-electron chi connectivity index (χ4n) is 2.19. The van der Waals surface area contributed by atoms with Crippen LogP contribution < -0.4 is 10.6 Å². The Morgan fingerprint density at radius 1 is 0.920 bits per heavy atom. The van der Waals surface area contributed by atoms with Gasteiger partial charge >= 0.3 is 6.18 Å². The number of rotatable bonds is 5. The lowest BCUT2D eigenvalue weighted by molar-refractivity contribution is -0.136. The molecule has 0 aliphatic heterocycles. The largest absolute Gasteiger partial charge is 0.418 e. The maximum Gasteiger partial charge on any atom is 0.418 e. The van der Waals surface area contributed by atoms with Crippen molar-refractivity contribution in [2.45, 2.75) is 12.7 Å². The predicted molar refractivity (Wildman–Crippen MR) is 88.3 cm³/mol. The molecule has 0 radical (unpaired) electrons. The SMILES string of the molecule is FC(F)(F)c1ccccc1Nc1cc(NCc2ccncc2)ncn1. The summed E-state index contributed by atoms with van der Waals surface area (Å²) in [5.74, 6) is 0.766. The van der Waals surface area contributed by atoms with Gasteiger partial charge in [-0.15, -0.1) is 0 Å². The van der Waals surface area contributed by atoms with Crippen molar-refractivity contribution in [3.05, 3.63) is 72.3 Å². The first kappa shape index (κ1) is 16.7. The maximum absolute atomic E-state index is 13.0. The molecule has 3 rings (SSSR count). The normalized spacial score (nSPS) is 11.2. The molecule has 0 aliphatic rings. The zero-order chi connectivity index (χ0) is 17.7. The Kier molecular flexibility index (Phi) is 4.78. The summed E-state index contributed by atoms with van der Waals surface area (Å²) in [7, 11) is 0. The molecule has 0 fully saturated rings. The van der Waals surface area contributed by atoms with Crippen LogP contribution in [0, 0.1) is 0 Å². The second-order valence-electron chi connectivity index (χ2n) is 5.17. The van der Waals surface area contributed by atoms with Crippen LogP contribution in [0.2, 0.25) is 0 Å². The number of alkyl halides is 3. The molecule has 2 heterocycles. The van der Waals surface area contributed by atoms with E-state index in [2.05, 4.69) is 25.6 Å². The van der Waals surface area contributed by atoms with Crippen LogP contribution in [0.5, 0.6) is 0 Å². The fraction of sp³-hybridized carbons (Fsp3) is 0.118. The van der Waals surface area contributed by atoms with Crippen molar-refractivity contribution in [3.8, 4) is 0 Å². The van der Waals surface area contributed by atoms with E-state index in [1.807, 2.05) is 12.1 Å². The van der Waals surface area contributed by atoms with Gasteiger partial charge in [-0.05, 0) is 29.8 Å². The fourth-order valence-corrected chi connectivity index (χ4v) is 2.19. The molecule has 3 aromatic rings. The number of halogens is 3. The van der Waals surface area contributed by atoms with E-state index >= 15 is 0 Å². The van der Waals surface area contributed by atoms with Gasteiger partial charge in [0, 0.05) is 25.0 Å². The van der Waals surface area contributed by atoms with E-state index in [1.54, 1.807) is 18.5 Å². The number of pyridine rings is 1. The minimum Gasteiger partial charge on any atom is -0.366 e. The Hall–Kier alpha value is -3.16. The lowest BCUT2D eigenvalue weighted by Gasteiger charge is -2.14. The highest BCUT2D eigenvalue weighted by atomic mass is 19.4. The van der Waals surface area contributed by atoms with E-state index in [0.29, 0.717) is 12.4 Å². The smallest absolute Gasteiger partial charge is 0.366 e. The summed E-state index contributed by atoms with van der Waals surface area (Å²) >= 11 is 0. The van der Waals surface area contributed by atoms with Crippen LogP contribution in [0.1, 0.15) is 11.1 Å². The van der Waals surface area contributed by atoms with Crippen LogP contribution >= 0.6 is 0 Å². The Morgan fingerprint density at radius 2 is 1.64 bits per heavy atom. The third kappa shape index (κ3) is 4.43. The highest BCUT2D eigenvalue weighted by Crippen LogP contribution is 2.35. The molecule has 0 aliphatic carbocycles. The van der Waals surface area contributed by atoms with Crippen LogP contribution in [0.3, 0.4) is 0 Å². The monoisotopic (exact) mass is 345 g/mol. The second kappa shape index (κ2) is 7.16. The van der Waals surface area contributed by atoms with Gasteiger partial charge in [-0.1, -0.05) is 12.1 Å². The molecular formula is C17H14F3N5. The first-order valence-electron chi connectivity index (χ1n) is 7.40. The summed E-state index contributed by atoms with van der Waals surface area (Å²) in [5.41, 5.74) is 0.194. The molecule has 2 N–H and O–H groups in total. The van der Waals surface area contributed by atoms with Crippen molar-refractivity contribution in [1.29, 1.82) is 0 Å². The number of aromatic nitrogens is 3. The molecule has 0 amide bonds. The third-order valence-corrected chi connectivity index (χ3v) is 3.39. The number of hydrogen-bond acceptors (Lipinski definition) is 5. The number of nitrogens with one attached hydrogen (secondary N) is 2. The van der Waals surface area contributed by atoms with E-state index < -0.39 is 11.7 Å². The predicted octanol–water partition coefficient (Wildman–Crippen LogP) is 4.25. The molecule has 0 bridgehead atoms. The second-order valence-corrected chi connectivity index (χ2v) is 5.17. The van der Waals surface area contributed by atoms with Crippen molar-refractivity contribution in [2.24, 2.45) is 0 Å². The molecule has 8 heteroatoms. The molecule has 5 nitrogen and oxygen atoms in total. The molecule has 2 aromatic heterocycles. The molecule has 128 valence electrons. The summed E-state index contributed by atoms with van der Waals surface area (Å²) in [6.07, 6.45) is 0.197. The molecule has 0 spiro atoms. The van der Waals surface area contributed by atoms with Crippen LogP contribution in [-0.2, 0) is 12.7 Å². The summed E-state index contributed by atoms with van der Waals surface area (Å²) < 4.78 is 39.1. The van der Waals surface area contributed by atoms with Gasteiger partial charge in [0.15, 0.2) is 0 Å². The van der Waals surface area contributed by atoms with Gasteiger partial charge in [-0.25, -0.2) is 9.97 Å². The minimum absolute atomic E-state index is 0.0613. The number of nitrogens with zero attached hydrogens (tertiary/aromatic N) is 3. The van der Waals surface area contributed by atoms with Crippen LogP contribution in [0.4, 0.5) is 30.5 Å². The van der Waals surface area contributed by atoms with Crippen LogP contribution in [0.25, 0.3) is 0 Å². The van der Waals surface area contributed by atoms with Crippen molar-refractivity contribution < 1.29 is 13.2 Å². The maximum atomic E-state index is 13.0. The van der Waals surface area contributed by atoms with Gasteiger partial charge in [0.05, 0.1) is 11.3 Å². The zero-order valence-corrected chi connectivity index (χ0v) is 13.0. The van der Waals surface area contributed by atoms with Gasteiger partial charge in [0.1, 0.15) is 18.0 Å². The van der Waals surface area contributed by atoms with Gasteiger partial charge in [0.2, 0.25) is 0 Å². The molecule has 0 saturated carbocycles. The average Bonchev–Trinajstić information content (AvgIpc) is 2.61. The molecule has 0 atom stereocenters. The topological polar surface area (TPSA) is 62.7 Å². The molecule has 25 heavy (non-hydrogen) atoms. The minimum atomic E-state index is -4.45. The molecular weight excluding hydrogens is 331 g/mol. The lowest BCUT2D eigenvalue weighted by atomic mass is 10.1. The summed E-state index contributed by atoms with van der Waals surface area (Å²) in [6.45, 7) is 0.512. The van der Waals surface area contributed by atoms with E-state index in [9.17, 15) is 13.2 Å².